The Labute approximate surface area is 152 Å². The molecule has 0 fully saturated rings. The van der Waals surface area contributed by atoms with Gasteiger partial charge in [-0.1, -0.05) is 76.3 Å². The predicted molar refractivity (Wildman–Crippen MR) is 98.1 cm³/mol. The van der Waals surface area contributed by atoms with Gasteiger partial charge < -0.3 is 4.74 Å². The Morgan fingerprint density at radius 1 is 1.12 bits per heavy atom. The fraction of sp³-hybridized carbons (Fsp3) is 0.706. The smallest absolute Gasteiger partial charge is 0.348 e. The molecule has 0 radical (unpaired) electrons. The van der Waals surface area contributed by atoms with Gasteiger partial charge in [-0.2, -0.15) is 0 Å². The number of nitrogens with zero attached hydrogens (tertiary/aromatic N) is 1. The molecule has 1 heterocycles. The highest BCUT2D eigenvalue weighted by atomic mass is 35.5. The van der Waals surface area contributed by atoms with E-state index in [0.29, 0.717) is 6.61 Å². The van der Waals surface area contributed by atoms with E-state index in [1.165, 1.54) is 51.0 Å². The SMILES string of the molecule is CCCCCCCCCCCCOC(=O)c1cc([N+](=O)[O-])c(Cl)s1. The summed E-state index contributed by atoms with van der Waals surface area (Å²) in [6, 6.07) is 1.17. The number of ether oxygens (including phenoxy) is 1. The van der Waals surface area contributed by atoms with E-state index in [1.54, 1.807) is 0 Å². The zero-order chi connectivity index (χ0) is 17.8. The largest absolute Gasteiger partial charge is 0.462 e. The third-order valence-electron chi connectivity index (χ3n) is 3.80. The fourth-order valence-electron chi connectivity index (χ4n) is 2.41. The minimum Gasteiger partial charge on any atom is -0.462 e. The van der Waals surface area contributed by atoms with E-state index in [0.717, 1.165) is 30.6 Å². The number of carbonyl (C=O) groups excluding carboxylic acids is 1. The van der Waals surface area contributed by atoms with Gasteiger partial charge >= 0.3 is 5.97 Å². The second kappa shape index (κ2) is 12.3. The number of halogens is 1. The van der Waals surface area contributed by atoms with E-state index in [9.17, 15) is 14.9 Å². The van der Waals surface area contributed by atoms with Gasteiger partial charge in [0.2, 0.25) is 0 Å². The first-order chi connectivity index (χ1) is 11.6. The topological polar surface area (TPSA) is 69.4 Å². The molecule has 5 nitrogen and oxygen atoms in total. The summed E-state index contributed by atoms with van der Waals surface area (Å²) < 4.78 is 5.14. The lowest BCUT2D eigenvalue weighted by Crippen LogP contribution is -2.04. The molecule has 0 amide bonds. The average Bonchev–Trinajstić information content (AvgIpc) is 2.94. The van der Waals surface area contributed by atoms with E-state index >= 15 is 0 Å². The zero-order valence-corrected chi connectivity index (χ0v) is 15.8. The van der Waals surface area contributed by atoms with Gasteiger partial charge in [0.25, 0.3) is 5.69 Å². The Bertz CT molecular complexity index is 519. The van der Waals surface area contributed by atoms with Crippen LogP contribution in [-0.2, 0) is 4.74 Å². The monoisotopic (exact) mass is 375 g/mol. The molecule has 0 saturated heterocycles. The highest BCUT2D eigenvalue weighted by Crippen LogP contribution is 2.34. The molecular formula is C17H26ClNO4S. The Morgan fingerprint density at radius 3 is 2.17 bits per heavy atom. The molecule has 0 bridgehead atoms. The van der Waals surface area contributed by atoms with E-state index in [2.05, 4.69) is 6.92 Å². The van der Waals surface area contributed by atoms with Crippen LogP contribution < -0.4 is 0 Å². The molecule has 0 spiro atoms. The highest BCUT2D eigenvalue weighted by molar-refractivity contribution is 7.18. The Morgan fingerprint density at radius 2 is 1.67 bits per heavy atom. The van der Waals surface area contributed by atoms with Crippen LogP contribution in [0.2, 0.25) is 4.34 Å². The number of esters is 1. The molecule has 1 aromatic rings. The molecule has 1 rings (SSSR count). The standard InChI is InChI=1S/C17H26ClNO4S/c1-2-3-4-5-6-7-8-9-10-11-12-23-17(20)15-13-14(19(21)22)16(18)24-15/h13H,2-12H2,1H3. The summed E-state index contributed by atoms with van der Waals surface area (Å²) in [4.78, 5) is 22.1. The zero-order valence-electron chi connectivity index (χ0n) is 14.2. The first-order valence-electron chi connectivity index (χ1n) is 8.67. The number of thiophene rings is 1. The van der Waals surface area contributed by atoms with Gasteiger partial charge in [0.05, 0.1) is 11.5 Å². The Kier molecular flexibility index (Phi) is 10.7. The first-order valence-corrected chi connectivity index (χ1v) is 9.86. The molecule has 0 saturated carbocycles. The van der Waals surface area contributed by atoms with Gasteiger partial charge in [-0.05, 0) is 6.42 Å². The molecule has 1 aromatic heterocycles. The van der Waals surface area contributed by atoms with Crippen molar-refractivity contribution in [2.24, 2.45) is 0 Å². The fourth-order valence-corrected chi connectivity index (χ4v) is 3.53. The molecule has 136 valence electrons. The molecule has 0 aliphatic carbocycles. The van der Waals surface area contributed by atoms with E-state index in [1.807, 2.05) is 0 Å². The number of unbranched alkanes of at least 4 members (excludes halogenated alkanes) is 9. The van der Waals surface area contributed by atoms with Gasteiger partial charge in [-0.25, -0.2) is 4.79 Å². The lowest BCUT2D eigenvalue weighted by molar-refractivity contribution is -0.384. The van der Waals surface area contributed by atoms with Crippen molar-refractivity contribution >= 4 is 34.6 Å². The summed E-state index contributed by atoms with van der Waals surface area (Å²) >= 11 is 6.61. The third-order valence-corrected chi connectivity index (χ3v) is 5.12. The van der Waals surface area contributed by atoms with Crippen molar-refractivity contribution in [1.82, 2.24) is 0 Å². The maximum atomic E-state index is 11.8. The summed E-state index contributed by atoms with van der Waals surface area (Å²) in [6.45, 7) is 2.57. The van der Waals surface area contributed by atoms with Crippen molar-refractivity contribution in [3.8, 4) is 0 Å². The van der Waals surface area contributed by atoms with Gasteiger partial charge in [-0.15, -0.1) is 11.3 Å². The van der Waals surface area contributed by atoms with Crippen LogP contribution in [0.4, 0.5) is 5.69 Å². The van der Waals surface area contributed by atoms with Gasteiger partial charge in [0.15, 0.2) is 4.34 Å². The summed E-state index contributed by atoms with van der Waals surface area (Å²) in [5.41, 5.74) is -0.243. The highest BCUT2D eigenvalue weighted by Gasteiger charge is 2.21. The van der Waals surface area contributed by atoms with E-state index in [4.69, 9.17) is 16.3 Å². The molecular weight excluding hydrogens is 350 g/mol. The molecule has 0 aromatic carbocycles. The lowest BCUT2D eigenvalue weighted by Gasteiger charge is -2.04. The normalized spacial score (nSPS) is 10.8. The van der Waals surface area contributed by atoms with Crippen LogP contribution >= 0.6 is 22.9 Å². The number of hydrogen-bond donors (Lipinski definition) is 0. The number of nitro groups is 1. The van der Waals surface area contributed by atoms with Crippen LogP contribution in [0.25, 0.3) is 0 Å². The minimum absolute atomic E-state index is 0.00545. The molecule has 0 aliphatic rings. The molecule has 0 unspecified atom stereocenters. The molecule has 0 aliphatic heterocycles. The quantitative estimate of drug-likeness (QED) is 0.173. The first kappa shape index (κ1) is 20.9. The number of carbonyl (C=O) groups is 1. The summed E-state index contributed by atoms with van der Waals surface area (Å²) in [7, 11) is 0. The molecule has 24 heavy (non-hydrogen) atoms. The van der Waals surface area contributed by atoms with Gasteiger partial charge in [0, 0.05) is 6.07 Å². The maximum absolute atomic E-state index is 11.8. The van der Waals surface area contributed by atoms with Crippen LogP contribution in [0.1, 0.15) is 80.8 Å². The third kappa shape index (κ3) is 8.11. The predicted octanol–water partition coefficient (Wildman–Crippen LogP) is 6.39. The second-order valence-electron chi connectivity index (χ2n) is 5.84. The summed E-state index contributed by atoms with van der Waals surface area (Å²) in [5, 5.41) is 10.7. The van der Waals surface area contributed by atoms with Crippen LogP contribution in [-0.4, -0.2) is 17.5 Å². The van der Waals surface area contributed by atoms with Crippen molar-refractivity contribution in [1.29, 1.82) is 0 Å². The van der Waals surface area contributed by atoms with Crippen LogP contribution in [0.15, 0.2) is 6.07 Å². The Hall–Kier alpha value is -1.14. The van der Waals surface area contributed by atoms with Gasteiger partial charge in [-0.3, -0.25) is 10.1 Å². The second-order valence-corrected chi connectivity index (χ2v) is 7.50. The lowest BCUT2D eigenvalue weighted by atomic mass is 10.1. The van der Waals surface area contributed by atoms with Crippen molar-refractivity contribution in [2.45, 2.75) is 71.1 Å². The Balaban J connectivity index is 2.06. The van der Waals surface area contributed by atoms with Gasteiger partial charge in [0.1, 0.15) is 4.88 Å². The summed E-state index contributed by atoms with van der Waals surface area (Å²) in [6.07, 6.45) is 12.1. The minimum atomic E-state index is -0.599. The maximum Gasteiger partial charge on any atom is 0.348 e. The molecule has 0 N–H and O–H groups in total. The van der Waals surface area contributed by atoms with Crippen LogP contribution in [0, 0.1) is 10.1 Å². The van der Waals surface area contributed by atoms with Crippen molar-refractivity contribution in [2.75, 3.05) is 6.61 Å². The van der Waals surface area contributed by atoms with E-state index < -0.39 is 10.9 Å². The van der Waals surface area contributed by atoms with Crippen LogP contribution in [0.5, 0.6) is 0 Å². The average molecular weight is 376 g/mol. The summed E-state index contributed by atoms with van der Waals surface area (Å²) in [5.74, 6) is -0.536. The molecule has 0 atom stereocenters. The number of hydrogen-bond acceptors (Lipinski definition) is 5. The molecule has 7 heteroatoms. The van der Waals surface area contributed by atoms with Crippen molar-refractivity contribution in [3.05, 3.63) is 25.4 Å². The van der Waals surface area contributed by atoms with E-state index in [-0.39, 0.29) is 14.9 Å². The van der Waals surface area contributed by atoms with Crippen molar-refractivity contribution < 1.29 is 14.5 Å². The van der Waals surface area contributed by atoms with Crippen LogP contribution in [0.3, 0.4) is 0 Å². The number of rotatable bonds is 13. The van der Waals surface area contributed by atoms with Crippen molar-refractivity contribution in [3.63, 3.8) is 0 Å².